The van der Waals surface area contributed by atoms with E-state index in [1.54, 1.807) is 24.3 Å². The summed E-state index contributed by atoms with van der Waals surface area (Å²) >= 11 is 0. The molecule has 0 aliphatic carbocycles. The van der Waals surface area contributed by atoms with Gasteiger partial charge in [-0.3, -0.25) is 4.79 Å². The number of rotatable bonds is 4. The molecular weight excluding hydrogens is 250 g/mol. The molecule has 0 heterocycles. The number of ether oxygens (including phenoxy) is 1. The molecule has 0 fully saturated rings. The molecule has 0 aliphatic rings. The third-order valence-corrected chi connectivity index (χ3v) is 2.56. The molecular formula is C17H13NO2. The summed E-state index contributed by atoms with van der Waals surface area (Å²) in [7, 11) is 0. The Kier molecular flexibility index (Phi) is 4.21. The molecule has 2 aromatic carbocycles. The van der Waals surface area contributed by atoms with Crippen LogP contribution in [-0.2, 0) is 4.79 Å². The van der Waals surface area contributed by atoms with Crippen molar-refractivity contribution in [2.45, 2.75) is 0 Å². The first-order valence-electron chi connectivity index (χ1n) is 6.00. The largest absolute Gasteiger partial charge is 0.455 e. The van der Waals surface area contributed by atoms with Crippen LogP contribution in [-0.4, -0.2) is 5.91 Å². The van der Waals surface area contributed by atoms with Gasteiger partial charge in [0, 0.05) is 5.56 Å². The minimum atomic E-state index is -0.293. The first-order chi connectivity index (χ1) is 9.72. The van der Waals surface area contributed by atoms with E-state index in [0.717, 1.165) is 5.56 Å². The molecule has 0 saturated carbocycles. The maximum atomic E-state index is 11.4. The van der Waals surface area contributed by atoms with Gasteiger partial charge >= 0.3 is 0 Å². The molecule has 0 spiro atoms. The highest BCUT2D eigenvalue weighted by atomic mass is 16.5. The number of amides is 1. The van der Waals surface area contributed by atoms with Crippen LogP contribution in [0, 0.1) is 12.3 Å². The van der Waals surface area contributed by atoms with Gasteiger partial charge < -0.3 is 10.1 Å². The molecule has 2 aromatic rings. The number of carbonyl (C=O) groups excluding carboxylic acids is 1. The molecule has 0 atom stereocenters. The topological polar surface area (TPSA) is 38.3 Å². The van der Waals surface area contributed by atoms with Gasteiger partial charge in [-0.05, 0) is 36.4 Å². The molecule has 2 rings (SSSR count). The van der Waals surface area contributed by atoms with E-state index in [-0.39, 0.29) is 5.91 Å². The molecule has 1 N–H and O–H groups in total. The average molecular weight is 263 g/mol. The molecule has 0 saturated heterocycles. The first kappa shape index (κ1) is 13.4. The number of carbonyl (C=O) groups is 1. The summed E-state index contributed by atoms with van der Waals surface area (Å²) in [4.78, 5) is 11.4. The highest BCUT2D eigenvalue weighted by molar-refractivity contribution is 5.99. The number of terminal acetylenes is 1. The van der Waals surface area contributed by atoms with Gasteiger partial charge in [-0.2, -0.15) is 0 Å². The fraction of sp³-hybridized carbons (Fsp3) is 0. The molecule has 20 heavy (non-hydrogen) atoms. The molecule has 3 nitrogen and oxygen atoms in total. The third-order valence-electron chi connectivity index (χ3n) is 2.56. The highest BCUT2D eigenvalue weighted by Crippen LogP contribution is 2.29. The van der Waals surface area contributed by atoms with Gasteiger partial charge in [0.15, 0.2) is 5.75 Å². The second kappa shape index (κ2) is 6.26. The SMILES string of the molecule is C#Cc1cccc(Oc2ccccc2NC(=O)C=C)c1. The maximum Gasteiger partial charge on any atom is 0.247 e. The Bertz CT molecular complexity index is 683. The van der Waals surface area contributed by atoms with Gasteiger partial charge in [0.2, 0.25) is 5.91 Å². The van der Waals surface area contributed by atoms with Crippen molar-refractivity contribution in [1.29, 1.82) is 0 Å². The van der Waals surface area contributed by atoms with Gasteiger partial charge in [0.1, 0.15) is 5.75 Å². The lowest BCUT2D eigenvalue weighted by atomic mass is 10.2. The number of hydrogen-bond acceptors (Lipinski definition) is 2. The first-order valence-corrected chi connectivity index (χ1v) is 6.00. The number of anilines is 1. The van der Waals surface area contributed by atoms with E-state index in [1.165, 1.54) is 6.08 Å². The fourth-order valence-corrected chi connectivity index (χ4v) is 1.62. The van der Waals surface area contributed by atoms with Crippen LogP contribution in [0.15, 0.2) is 61.2 Å². The number of nitrogens with one attached hydrogen (secondary N) is 1. The summed E-state index contributed by atoms with van der Waals surface area (Å²) in [5.41, 5.74) is 1.30. The molecule has 0 aliphatic heterocycles. The Balaban J connectivity index is 2.26. The molecule has 0 unspecified atom stereocenters. The van der Waals surface area contributed by atoms with E-state index < -0.39 is 0 Å². The van der Waals surface area contributed by atoms with Crippen molar-refractivity contribution in [1.82, 2.24) is 0 Å². The molecule has 0 radical (unpaired) electrons. The van der Waals surface area contributed by atoms with Gasteiger partial charge in [-0.15, -0.1) is 6.42 Å². The van der Waals surface area contributed by atoms with Gasteiger partial charge in [-0.25, -0.2) is 0 Å². The summed E-state index contributed by atoms with van der Waals surface area (Å²) in [5, 5.41) is 2.69. The third kappa shape index (κ3) is 3.27. The van der Waals surface area contributed by atoms with Crippen LogP contribution in [0.1, 0.15) is 5.56 Å². The van der Waals surface area contributed by atoms with Crippen molar-refractivity contribution in [2.24, 2.45) is 0 Å². The Morgan fingerprint density at radius 1 is 1.25 bits per heavy atom. The van der Waals surface area contributed by atoms with Crippen molar-refractivity contribution < 1.29 is 9.53 Å². The van der Waals surface area contributed by atoms with Gasteiger partial charge in [0.05, 0.1) is 5.69 Å². The van der Waals surface area contributed by atoms with Crippen LogP contribution in [0.2, 0.25) is 0 Å². The highest BCUT2D eigenvalue weighted by Gasteiger charge is 2.06. The van der Waals surface area contributed by atoms with Crippen molar-refractivity contribution in [3.05, 3.63) is 66.7 Å². The monoisotopic (exact) mass is 263 g/mol. The van der Waals surface area contributed by atoms with E-state index in [9.17, 15) is 4.79 Å². The van der Waals surface area contributed by atoms with Crippen LogP contribution in [0.4, 0.5) is 5.69 Å². The predicted octanol–water partition coefficient (Wildman–Crippen LogP) is 3.58. The van der Waals surface area contributed by atoms with Gasteiger partial charge in [0.25, 0.3) is 0 Å². The van der Waals surface area contributed by atoms with Crippen molar-refractivity contribution in [2.75, 3.05) is 5.32 Å². The normalized spacial score (nSPS) is 9.35. The summed E-state index contributed by atoms with van der Waals surface area (Å²) in [6, 6.07) is 14.3. The Morgan fingerprint density at radius 2 is 2.05 bits per heavy atom. The smallest absolute Gasteiger partial charge is 0.247 e. The van der Waals surface area contributed by atoms with E-state index in [0.29, 0.717) is 17.2 Å². The molecule has 3 heteroatoms. The molecule has 1 amide bonds. The van der Waals surface area contributed by atoms with Crippen LogP contribution >= 0.6 is 0 Å². The predicted molar refractivity (Wildman–Crippen MR) is 79.7 cm³/mol. The lowest BCUT2D eigenvalue weighted by Crippen LogP contribution is -2.08. The Labute approximate surface area is 117 Å². The number of para-hydroxylation sites is 2. The van der Waals surface area contributed by atoms with Crippen LogP contribution in [0.3, 0.4) is 0 Å². The van der Waals surface area contributed by atoms with E-state index in [2.05, 4.69) is 17.8 Å². The summed E-state index contributed by atoms with van der Waals surface area (Å²) in [6.45, 7) is 3.42. The summed E-state index contributed by atoms with van der Waals surface area (Å²) < 4.78 is 5.75. The zero-order valence-corrected chi connectivity index (χ0v) is 10.8. The van der Waals surface area contributed by atoms with E-state index in [1.807, 2.05) is 24.3 Å². The van der Waals surface area contributed by atoms with Gasteiger partial charge in [-0.1, -0.05) is 30.7 Å². The second-order valence-electron chi connectivity index (χ2n) is 3.96. The van der Waals surface area contributed by atoms with E-state index >= 15 is 0 Å². The standard InChI is InChI=1S/C17H13NO2/c1-3-13-8-7-9-14(12-13)20-16-11-6-5-10-15(16)18-17(19)4-2/h1,4-12H,2H2,(H,18,19). The lowest BCUT2D eigenvalue weighted by molar-refractivity contribution is -0.111. The molecule has 98 valence electrons. The van der Waals surface area contributed by atoms with E-state index in [4.69, 9.17) is 11.2 Å². The van der Waals surface area contributed by atoms with Crippen molar-refractivity contribution >= 4 is 11.6 Å². The number of benzene rings is 2. The lowest BCUT2D eigenvalue weighted by Gasteiger charge is -2.11. The molecule has 0 bridgehead atoms. The zero-order chi connectivity index (χ0) is 14.4. The second-order valence-corrected chi connectivity index (χ2v) is 3.96. The van der Waals surface area contributed by atoms with Crippen molar-refractivity contribution in [3.8, 4) is 23.8 Å². The van der Waals surface area contributed by atoms with Crippen molar-refractivity contribution in [3.63, 3.8) is 0 Å². The quantitative estimate of drug-likeness (QED) is 0.676. The summed E-state index contributed by atoms with van der Waals surface area (Å²) in [5.74, 6) is 3.40. The van der Waals surface area contributed by atoms with Crippen LogP contribution < -0.4 is 10.1 Å². The maximum absolute atomic E-state index is 11.4. The van der Waals surface area contributed by atoms with Crippen LogP contribution in [0.25, 0.3) is 0 Å². The Morgan fingerprint density at radius 3 is 2.80 bits per heavy atom. The Hall–Kier alpha value is -2.99. The minimum absolute atomic E-state index is 0.293. The zero-order valence-electron chi connectivity index (χ0n) is 10.8. The minimum Gasteiger partial charge on any atom is -0.455 e. The summed E-state index contributed by atoms with van der Waals surface area (Å²) in [6.07, 6.45) is 6.56. The number of hydrogen-bond donors (Lipinski definition) is 1. The fourth-order valence-electron chi connectivity index (χ4n) is 1.62. The van der Waals surface area contributed by atoms with Crippen LogP contribution in [0.5, 0.6) is 11.5 Å². The molecule has 0 aromatic heterocycles. The average Bonchev–Trinajstić information content (AvgIpc) is 2.49.